The van der Waals surface area contributed by atoms with Crippen molar-refractivity contribution in [3.05, 3.63) is 0 Å². The Kier molecular flexibility index (Phi) is 3.75. The lowest BCUT2D eigenvalue weighted by Crippen LogP contribution is -2.40. The van der Waals surface area contributed by atoms with Gasteiger partial charge in [-0.25, -0.2) is 0 Å². The monoisotopic (exact) mass is 218 g/mol. The number of hydrogen-bond donors (Lipinski definition) is 2. The molecule has 1 unspecified atom stereocenters. The van der Waals surface area contributed by atoms with Gasteiger partial charge in [0.2, 0.25) is 11.8 Å². The van der Waals surface area contributed by atoms with Gasteiger partial charge in [0.25, 0.3) is 0 Å². The number of carbonyl (C=O) groups excluding carboxylic acids is 2. The molecule has 0 aromatic heterocycles. The van der Waals surface area contributed by atoms with E-state index in [0.29, 0.717) is 19.0 Å². The first kappa shape index (κ1) is 11.3. The van der Waals surface area contributed by atoms with E-state index in [0.717, 1.165) is 6.42 Å². The van der Waals surface area contributed by atoms with Gasteiger partial charge in [-0.3, -0.25) is 9.59 Å². The van der Waals surface area contributed by atoms with Crippen molar-refractivity contribution < 1.29 is 9.59 Å². The summed E-state index contributed by atoms with van der Waals surface area (Å²) < 4.78 is 0. The van der Waals surface area contributed by atoms with E-state index >= 15 is 0 Å². The number of nitrogens with one attached hydrogen (secondary N) is 2. The highest BCUT2D eigenvalue weighted by molar-refractivity contribution is 6.17. The molecule has 1 saturated heterocycles. The average Bonchev–Trinajstić information content (AvgIpc) is 2.48. The van der Waals surface area contributed by atoms with Crippen molar-refractivity contribution in [2.45, 2.75) is 19.8 Å². The van der Waals surface area contributed by atoms with E-state index in [2.05, 4.69) is 10.6 Å². The third-order valence-corrected chi connectivity index (χ3v) is 2.64. The molecule has 2 amide bonds. The fourth-order valence-corrected chi connectivity index (χ4v) is 1.55. The lowest BCUT2D eigenvalue weighted by atomic mass is 9.88. The van der Waals surface area contributed by atoms with Gasteiger partial charge in [0, 0.05) is 25.4 Å². The van der Waals surface area contributed by atoms with Gasteiger partial charge in [0.1, 0.15) is 0 Å². The minimum absolute atomic E-state index is 0.0556. The fraction of sp³-hybridized carbons (Fsp3) is 0.778. The van der Waals surface area contributed by atoms with E-state index in [1.807, 2.05) is 0 Å². The maximum absolute atomic E-state index is 11.6. The van der Waals surface area contributed by atoms with Crippen LogP contribution >= 0.6 is 11.6 Å². The van der Waals surface area contributed by atoms with Crippen molar-refractivity contribution in [3.63, 3.8) is 0 Å². The SMILES string of the molecule is CC1(C(=O)NCCCCl)CNC(=O)C1. The van der Waals surface area contributed by atoms with Gasteiger partial charge in [0.05, 0.1) is 5.41 Å². The smallest absolute Gasteiger partial charge is 0.228 e. The van der Waals surface area contributed by atoms with E-state index in [-0.39, 0.29) is 18.2 Å². The first-order valence-corrected chi connectivity index (χ1v) is 5.23. The second-order valence-corrected chi connectivity index (χ2v) is 4.19. The number of halogens is 1. The van der Waals surface area contributed by atoms with E-state index in [9.17, 15) is 9.59 Å². The van der Waals surface area contributed by atoms with Crippen molar-refractivity contribution in [2.75, 3.05) is 19.0 Å². The number of hydrogen-bond acceptors (Lipinski definition) is 2. The first-order chi connectivity index (χ1) is 6.58. The molecule has 5 heteroatoms. The summed E-state index contributed by atoms with van der Waals surface area (Å²) in [5.41, 5.74) is -0.580. The van der Waals surface area contributed by atoms with Crippen LogP contribution < -0.4 is 10.6 Å². The molecule has 1 aliphatic heterocycles. The fourth-order valence-electron chi connectivity index (χ4n) is 1.42. The van der Waals surface area contributed by atoms with Crippen molar-refractivity contribution in [2.24, 2.45) is 5.41 Å². The molecule has 0 radical (unpaired) electrons. The van der Waals surface area contributed by atoms with Crippen LogP contribution in [0.5, 0.6) is 0 Å². The molecule has 1 rings (SSSR count). The molecule has 0 spiro atoms. The molecule has 2 N–H and O–H groups in total. The van der Waals surface area contributed by atoms with E-state index in [1.165, 1.54) is 0 Å². The Labute approximate surface area is 88.4 Å². The van der Waals surface area contributed by atoms with Gasteiger partial charge in [-0.15, -0.1) is 11.6 Å². The lowest BCUT2D eigenvalue weighted by Gasteiger charge is -2.19. The maximum atomic E-state index is 11.6. The summed E-state index contributed by atoms with van der Waals surface area (Å²) in [5, 5.41) is 5.43. The summed E-state index contributed by atoms with van der Waals surface area (Å²) in [6.07, 6.45) is 1.03. The zero-order chi connectivity index (χ0) is 10.6. The molecule has 14 heavy (non-hydrogen) atoms. The third kappa shape index (κ3) is 2.61. The Morgan fingerprint density at radius 3 is 2.93 bits per heavy atom. The highest BCUT2D eigenvalue weighted by Crippen LogP contribution is 2.25. The lowest BCUT2D eigenvalue weighted by molar-refractivity contribution is -0.131. The van der Waals surface area contributed by atoms with Crippen LogP contribution in [0, 0.1) is 5.41 Å². The first-order valence-electron chi connectivity index (χ1n) is 4.69. The van der Waals surface area contributed by atoms with E-state index in [1.54, 1.807) is 6.92 Å². The van der Waals surface area contributed by atoms with Gasteiger partial charge in [0.15, 0.2) is 0 Å². The summed E-state index contributed by atoms with van der Waals surface area (Å²) >= 11 is 5.48. The van der Waals surface area contributed by atoms with Crippen LogP contribution in [0.2, 0.25) is 0 Å². The number of rotatable bonds is 4. The predicted molar refractivity (Wildman–Crippen MR) is 54.1 cm³/mol. The molecular weight excluding hydrogens is 204 g/mol. The molecule has 0 aromatic rings. The Morgan fingerprint density at radius 1 is 1.71 bits per heavy atom. The number of carbonyl (C=O) groups is 2. The van der Waals surface area contributed by atoms with Crippen molar-refractivity contribution in [3.8, 4) is 0 Å². The molecule has 1 aliphatic rings. The topological polar surface area (TPSA) is 58.2 Å². The highest BCUT2D eigenvalue weighted by Gasteiger charge is 2.40. The predicted octanol–water partition coefficient (Wildman–Crippen LogP) is 0.258. The van der Waals surface area contributed by atoms with Crippen molar-refractivity contribution in [1.29, 1.82) is 0 Å². The van der Waals surface area contributed by atoms with Gasteiger partial charge in [-0.1, -0.05) is 0 Å². The zero-order valence-electron chi connectivity index (χ0n) is 8.23. The van der Waals surface area contributed by atoms with E-state index in [4.69, 9.17) is 11.6 Å². The van der Waals surface area contributed by atoms with Crippen LogP contribution in [0.3, 0.4) is 0 Å². The highest BCUT2D eigenvalue weighted by atomic mass is 35.5. The molecule has 0 aliphatic carbocycles. The van der Waals surface area contributed by atoms with Gasteiger partial charge >= 0.3 is 0 Å². The molecule has 1 fully saturated rings. The third-order valence-electron chi connectivity index (χ3n) is 2.37. The van der Waals surface area contributed by atoms with E-state index < -0.39 is 5.41 Å². The van der Waals surface area contributed by atoms with Crippen LogP contribution in [-0.2, 0) is 9.59 Å². The Morgan fingerprint density at radius 2 is 2.43 bits per heavy atom. The molecule has 1 heterocycles. The Balaban J connectivity index is 2.39. The summed E-state index contributed by atoms with van der Waals surface area (Å²) in [7, 11) is 0. The van der Waals surface area contributed by atoms with Crippen LogP contribution in [-0.4, -0.2) is 30.8 Å². The van der Waals surface area contributed by atoms with Crippen LogP contribution in [0.15, 0.2) is 0 Å². The maximum Gasteiger partial charge on any atom is 0.228 e. The molecule has 0 aromatic carbocycles. The Bertz CT molecular complexity index is 245. The largest absolute Gasteiger partial charge is 0.356 e. The molecule has 1 atom stereocenters. The second-order valence-electron chi connectivity index (χ2n) is 3.81. The molecule has 4 nitrogen and oxygen atoms in total. The normalized spacial score (nSPS) is 26.0. The standard InChI is InChI=1S/C9H15ClN2O2/c1-9(5-7(13)12-6-9)8(14)11-4-2-3-10/h2-6H2,1H3,(H,11,14)(H,12,13). The molecule has 0 saturated carbocycles. The van der Waals surface area contributed by atoms with Crippen LogP contribution in [0.25, 0.3) is 0 Å². The summed E-state index contributed by atoms with van der Waals surface area (Å²) in [4.78, 5) is 22.6. The Hall–Kier alpha value is -0.770. The molecule has 80 valence electrons. The van der Waals surface area contributed by atoms with Crippen LogP contribution in [0.4, 0.5) is 0 Å². The summed E-state index contributed by atoms with van der Waals surface area (Å²) in [6, 6.07) is 0. The van der Waals surface area contributed by atoms with Gasteiger partial charge in [-0.05, 0) is 13.3 Å². The molecule has 0 bridgehead atoms. The minimum Gasteiger partial charge on any atom is -0.356 e. The number of amides is 2. The minimum atomic E-state index is -0.580. The molecular formula is C9H15ClN2O2. The van der Waals surface area contributed by atoms with Crippen LogP contribution in [0.1, 0.15) is 19.8 Å². The second kappa shape index (κ2) is 4.64. The van der Waals surface area contributed by atoms with Gasteiger partial charge < -0.3 is 10.6 Å². The van der Waals surface area contributed by atoms with Crippen molar-refractivity contribution >= 4 is 23.4 Å². The summed E-state index contributed by atoms with van der Waals surface area (Å²) in [6.45, 7) is 2.80. The van der Waals surface area contributed by atoms with Crippen molar-refractivity contribution in [1.82, 2.24) is 10.6 Å². The average molecular weight is 219 g/mol. The van der Waals surface area contributed by atoms with Gasteiger partial charge in [-0.2, -0.15) is 0 Å². The number of alkyl halides is 1. The summed E-state index contributed by atoms with van der Waals surface area (Å²) in [5.74, 6) is 0.412. The zero-order valence-corrected chi connectivity index (χ0v) is 8.99. The quantitative estimate of drug-likeness (QED) is 0.525.